The number of anilines is 1. The Labute approximate surface area is 115 Å². The summed E-state index contributed by atoms with van der Waals surface area (Å²) in [6, 6.07) is 4.42. The highest BCUT2D eigenvalue weighted by Crippen LogP contribution is 2.31. The number of nitrogens with zero attached hydrogens (tertiary/aromatic N) is 3. The number of hydrogen-bond donors (Lipinski definition) is 0. The molecule has 100 valence electrons. The molecule has 2 aliphatic carbocycles. The second-order valence-corrected chi connectivity index (χ2v) is 5.77. The first kappa shape index (κ1) is 12.5. The van der Waals surface area contributed by atoms with E-state index in [0.717, 1.165) is 43.2 Å². The summed E-state index contributed by atoms with van der Waals surface area (Å²) in [6.07, 6.45) is 7.39. The highest BCUT2D eigenvalue weighted by Gasteiger charge is 2.24. The van der Waals surface area contributed by atoms with Crippen LogP contribution in [-0.4, -0.2) is 18.1 Å². The van der Waals surface area contributed by atoms with Crippen molar-refractivity contribution < 1.29 is 0 Å². The summed E-state index contributed by atoms with van der Waals surface area (Å²) in [5.74, 6) is 1.74. The van der Waals surface area contributed by atoms with Crippen LogP contribution in [0.2, 0.25) is 0 Å². The van der Waals surface area contributed by atoms with Crippen LogP contribution in [0.5, 0.6) is 0 Å². The topological polar surface area (TPSA) is 39.9 Å². The van der Waals surface area contributed by atoms with Crippen LogP contribution in [-0.2, 0) is 12.8 Å². The maximum absolute atomic E-state index is 9.38. The van der Waals surface area contributed by atoms with Crippen molar-refractivity contribution in [2.24, 2.45) is 5.92 Å². The summed E-state index contributed by atoms with van der Waals surface area (Å²) in [6.45, 7) is 4.17. The molecule has 0 amide bonds. The molecule has 3 rings (SSSR count). The molecule has 0 unspecified atom stereocenters. The monoisotopic (exact) mass is 255 g/mol. The van der Waals surface area contributed by atoms with E-state index >= 15 is 0 Å². The molecule has 3 nitrogen and oxygen atoms in total. The van der Waals surface area contributed by atoms with Crippen LogP contribution < -0.4 is 4.90 Å². The molecule has 0 spiro atoms. The summed E-state index contributed by atoms with van der Waals surface area (Å²) < 4.78 is 0. The van der Waals surface area contributed by atoms with Gasteiger partial charge in [0.25, 0.3) is 0 Å². The number of fused-ring (bicyclic) bond motifs is 1. The van der Waals surface area contributed by atoms with Gasteiger partial charge < -0.3 is 4.90 Å². The van der Waals surface area contributed by atoms with Crippen molar-refractivity contribution in [1.82, 2.24) is 4.98 Å². The molecule has 0 radical (unpaired) electrons. The van der Waals surface area contributed by atoms with Gasteiger partial charge in [0.2, 0.25) is 0 Å². The van der Waals surface area contributed by atoms with Gasteiger partial charge in [-0.25, -0.2) is 4.98 Å². The van der Waals surface area contributed by atoms with Gasteiger partial charge in [0.15, 0.2) is 0 Å². The first-order valence-corrected chi connectivity index (χ1v) is 7.49. The van der Waals surface area contributed by atoms with E-state index in [4.69, 9.17) is 4.98 Å². The van der Waals surface area contributed by atoms with E-state index in [0.29, 0.717) is 0 Å². The predicted molar refractivity (Wildman–Crippen MR) is 76.2 cm³/mol. The van der Waals surface area contributed by atoms with Crippen molar-refractivity contribution in [2.45, 2.75) is 45.4 Å². The van der Waals surface area contributed by atoms with E-state index in [1.54, 1.807) is 0 Å². The standard InChI is InChI=1S/C16H21N3/c1-2-19(11-12-5-3-6-12)16-14(10-17)9-13-7-4-8-15(13)18-16/h9,12H,2-8,11H2,1H3. The lowest BCUT2D eigenvalue weighted by Gasteiger charge is -2.33. The van der Waals surface area contributed by atoms with Crippen molar-refractivity contribution >= 4 is 5.82 Å². The predicted octanol–water partition coefficient (Wildman–Crippen LogP) is 3.07. The molecule has 0 aliphatic heterocycles. The fourth-order valence-corrected chi connectivity index (χ4v) is 3.14. The maximum Gasteiger partial charge on any atom is 0.146 e. The lowest BCUT2D eigenvalue weighted by molar-refractivity contribution is 0.318. The molecule has 3 heteroatoms. The number of rotatable bonds is 4. The van der Waals surface area contributed by atoms with Gasteiger partial charge in [0, 0.05) is 18.8 Å². The highest BCUT2D eigenvalue weighted by molar-refractivity contribution is 5.56. The van der Waals surface area contributed by atoms with E-state index in [1.807, 2.05) is 0 Å². The number of aryl methyl sites for hydroxylation is 2. The van der Waals surface area contributed by atoms with Crippen molar-refractivity contribution in [1.29, 1.82) is 5.26 Å². The maximum atomic E-state index is 9.38. The third-order valence-electron chi connectivity index (χ3n) is 4.54. The second kappa shape index (κ2) is 5.21. The molecule has 0 aromatic carbocycles. The van der Waals surface area contributed by atoms with Gasteiger partial charge in [-0.3, -0.25) is 0 Å². The largest absolute Gasteiger partial charge is 0.356 e. The van der Waals surface area contributed by atoms with Crippen LogP contribution in [0.1, 0.15) is 49.4 Å². The average molecular weight is 255 g/mol. The lowest BCUT2D eigenvalue weighted by Crippen LogP contribution is -2.33. The Kier molecular flexibility index (Phi) is 3.42. The van der Waals surface area contributed by atoms with Gasteiger partial charge in [-0.2, -0.15) is 5.26 Å². The zero-order chi connectivity index (χ0) is 13.2. The first-order valence-electron chi connectivity index (χ1n) is 7.49. The molecule has 19 heavy (non-hydrogen) atoms. The summed E-state index contributed by atoms with van der Waals surface area (Å²) >= 11 is 0. The number of aromatic nitrogens is 1. The molecule has 2 aliphatic rings. The Morgan fingerprint density at radius 1 is 1.37 bits per heavy atom. The van der Waals surface area contributed by atoms with Crippen LogP contribution in [0, 0.1) is 17.2 Å². The summed E-state index contributed by atoms with van der Waals surface area (Å²) in [5.41, 5.74) is 3.28. The molecule has 0 saturated heterocycles. The Bertz CT molecular complexity index is 511. The molecular weight excluding hydrogens is 234 g/mol. The number of nitriles is 1. The molecule has 1 fully saturated rings. The molecule has 0 N–H and O–H groups in total. The minimum atomic E-state index is 0.766. The minimum absolute atomic E-state index is 0.766. The Hall–Kier alpha value is -1.56. The molecule has 1 aromatic heterocycles. The molecular formula is C16H21N3. The van der Waals surface area contributed by atoms with Gasteiger partial charge in [-0.05, 0) is 56.6 Å². The van der Waals surface area contributed by atoms with Crippen LogP contribution >= 0.6 is 0 Å². The van der Waals surface area contributed by atoms with Gasteiger partial charge in [-0.15, -0.1) is 0 Å². The summed E-state index contributed by atoms with van der Waals surface area (Å²) in [5, 5.41) is 9.38. The Balaban J connectivity index is 1.90. The van der Waals surface area contributed by atoms with Crippen molar-refractivity contribution in [3.05, 3.63) is 22.9 Å². The first-order chi connectivity index (χ1) is 9.31. The number of pyridine rings is 1. The van der Waals surface area contributed by atoms with Crippen LogP contribution in [0.25, 0.3) is 0 Å². The van der Waals surface area contributed by atoms with E-state index < -0.39 is 0 Å². The quantitative estimate of drug-likeness (QED) is 0.830. The normalized spacial score (nSPS) is 17.7. The van der Waals surface area contributed by atoms with Crippen molar-refractivity contribution in [3.63, 3.8) is 0 Å². The zero-order valence-corrected chi connectivity index (χ0v) is 11.7. The summed E-state index contributed by atoms with van der Waals surface area (Å²) in [4.78, 5) is 7.12. The summed E-state index contributed by atoms with van der Waals surface area (Å²) in [7, 11) is 0. The molecule has 0 bridgehead atoms. The third kappa shape index (κ3) is 2.32. The highest BCUT2D eigenvalue weighted by atomic mass is 15.2. The van der Waals surface area contributed by atoms with E-state index in [2.05, 4.69) is 24.0 Å². The van der Waals surface area contributed by atoms with Crippen LogP contribution in [0.15, 0.2) is 6.07 Å². The van der Waals surface area contributed by atoms with Gasteiger partial charge in [0.1, 0.15) is 11.9 Å². The van der Waals surface area contributed by atoms with Gasteiger partial charge in [0.05, 0.1) is 5.56 Å². The number of hydrogen-bond acceptors (Lipinski definition) is 3. The van der Waals surface area contributed by atoms with E-state index in [-0.39, 0.29) is 0 Å². The van der Waals surface area contributed by atoms with Gasteiger partial charge >= 0.3 is 0 Å². The van der Waals surface area contributed by atoms with Crippen molar-refractivity contribution in [3.8, 4) is 6.07 Å². The smallest absolute Gasteiger partial charge is 0.146 e. The molecule has 1 aromatic rings. The van der Waals surface area contributed by atoms with Crippen molar-refractivity contribution in [2.75, 3.05) is 18.0 Å². The Morgan fingerprint density at radius 3 is 2.84 bits per heavy atom. The SMILES string of the molecule is CCN(CC1CCC1)c1nc2c(cc1C#N)CCC2. The molecule has 1 heterocycles. The Morgan fingerprint density at radius 2 is 2.21 bits per heavy atom. The zero-order valence-electron chi connectivity index (χ0n) is 11.7. The fourth-order valence-electron chi connectivity index (χ4n) is 3.14. The second-order valence-electron chi connectivity index (χ2n) is 5.77. The lowest BCUT2D eigenvalue weighted by atomic mass is 9.85. The third-order valence-corrected chi connectivity index (χ3v) is 4.54. The fraction of sp³-hybridized carbons (Fsp3) is 0.625. The minimum Gasteiger partial charge on any atom is -0.356 e. The van der Waals surface area contributed by atoms with Gasteiger partial charge in [-0.1, -0.05) is 6.42 Å². The average Bonchev–Trinajstić information content (AvgIpc) is 2.83. The van der Waals surface area contributed by atoms with Crippen LogP contribution in [0.3, 0.4) is 0 Å². The molecule has 0 atom stereocenters. The van der Waals surface area contributed by atoms with E-state index in [1.165, 1.54) is 36.9 Å². The van der Waals surface area contributed by atoms with E-state index in [9.17, 15) is 5.26 Å². The molecule has 1 saturated carbocycles. The van der Waals surface area contributed by atoms with Crippen LogP contribution in [0.4, 0.5) is 5.82 Å².